The topological polar surface area (TPSA) is 71.3 Å². The number of rotatable bonds is 7. The molecule has 1 aliphatic rings. The maximum absolute atomic E-state index is 13.3. The smallest absolute Gasteiger partial charge is 0.241 e. The fraction of sp³-hybridized carbons (Fsp3) is 0.250. The average Bonchev–Trinajstić information content (AvgIpc) is 3.37. The molecule has 3 aromatic carbocycles. The van der Waals surface area contributed by atoms with Crippen LogP contribution in [0.2, 0.25) is 0 Å². The summed E-state index contributed by atoms with van der Waals surface area (Å²) in [5, 5.41) is 7.31. The molecule has 1 N–H and O–H groups in total. The van der Waals surface area contributed by atoms with Gasteiger partial charge in [-0.3, -0.25) is 9.69 Å². The van der Waals surface area contributed by atoms with Crippen molar-refractivity contribution in [3.63, 3.8) is 0 Å². The van der Waals surface area contributed by atoms with Gasteiger partial charge in [-0.25, -0.2) is 4.39 Å². The van der Waals surface area contributed by atoms with Gasteiger partial charge in [0.15, 0.2) is 0 Å². The zero-order valence-electron chi connectivity index (χ0n) is 19.3. The van der Waals surface area contributed by atoms with Gasteiger partial charge in [-0.15, -0.1) is 0 Å². The van der Waals surface area contributed by atoms with Crippen LogP contribution in [-0.4, -0.2) is 34.0 Å². The zero-order valence-corrected chi connectivity index (χ0v) is 19.3. The van der Waals surface area contributed by atoms with Crippen LogP contribution in [0.3, 0.4) is 0 Å². The summed E-state index contributed by atoms with van der Waals surface area (Å²) in [7, 11) is 0. The lowest BCUT2D eigenvalue weighted by Gasteiger charge is -2.32. The molecule has 4 aromatic rings. The number of carbonyl (C=O) groups is 1. The number of hydrogen-bond donors (Lipinski definition) is 1. The second-order valence-corrected chi connectivity index (χ2v) is 8.86. The number of amides is 1. The van der Waals surface area contributed by atoms with Gasteiger partial charge in [-0.05, 0) is 54.8 Å². The molecule has 1 aliphatic heterocycles. The van der Waals surface area contributed by atoms with Crippen LogP contribution in [0.1, 0.15) is 35.9 Å². The molecule has 178 valence electrons. The number of hydrogen-bond acceptors (Lipinski definition) is 5. The van der Waals surface area contributed by atoms with Crippen molar-refractivity contribution in [2.75, 3.05) is 13.1 Å². The van der Waals surface area contributed by atoms with Crippen LogP contribution in [0.15, 0.2) is 89.5 Å². The Kier molecular flexibility index (Phi) is 6.95. The van der Waals surface area contributed by atoms with Crippen LogP contribution in [0.5, 0.6) is 0 Å². The lowest BCUT2D eigenvalue weighted by atomic mass is 9.94. The average molecular weight is 471 g/mol. The Hall–Kier alpha value is -3.84. The Morgan fingerprint density at radius 1 is 1.00 bits per heavy atom. The monoisotopic (exact) mass is 470 g/mol. The van der Waals surface area contributed by atoms with Crippen molar-refractivity contribution in [3.05, 3.63) is 108 Å². The maximum Gasteiger partial charge on any atom is 0.241 e. The number of nitrogens with zero attached hydrogens (tertiary/aromatic N) is 3. The fourth-order valence-corrected chi connectivity index (χ4v) is 4.55. The van der Waals surface area contributed by atoms with Crippen molar-refractivity contribution in [1.29, 1.82) is 0 Å². The van der Waals surface area contributed by atoms with Gasteiger partial charge in [-0.1, -0.05) is 65.8 Å². The lowest BCUT2D eigenvalue weighted by Crippen LogP contribution is -2.43. The molecule has 1 amide bonds. The summed E-state index contributed by atoms with van der Waals surface area (Å²) in [6, 6.07) is 25.9. The lowest BCUT2D eigenvalue weighted by molar-refractivity contribution is -0.127. The van der Waals surface area contributed by atoms with Crippen LogP contribution in [-0.2, 0) is 11.3 Å². The SMILES string of the molecule is O=C(NC(c1ccccc1)c1ccccc1)C1CCCN(Cc2nc(-c3ccc(F)cc3)no2)C1. The second kappa shape index (κ2) is 10.6. The van der Waals surface area contributed by atoms with Crippen molar-refractivity contribution in [1.82, 2.24) is 20.4 Å². The summed E-state index contributed by atoms with van der Waals surface area (Å²) < 4.78 is 18.6. The van der Waals surface area contributed by atoms with E-state index in [-0.39, 0.29) is 23.7 Å². The number of aromatic nitrogens is 2. The highest BCUT2D eigenvalue weighted by molar-refractivity contribution is 5.80. The van der Waals surface area contributed by atoms with Crippen LogP contribution in [0, 0.1) is 11.7 Å². The quantitative estimate of drug-likeness (QED) is 0.412. The molecule has 1 fully saturated rings. The van der Waals surface area contributed by atoms with Gasteiger partial charge in [0.1, 0.15) is 5.82 Å². The van der Waals surface area contributed by atoms with Crippen molar-refractivity contribution in [2.24, 2.45) is 5.92 Å². The first kappa shape index (κ1) is 22.9. The van der Waals surface area contributed by atoms with Crippen molar-refractivity contribution < 1.29 is 13.7 Å². The minimum absolute atomic E-state index is 0.0462. The molecule has 0 bridgehead atoms. The zero-order chi connectivity index (χ0) is 24.0. The van der Waals surface area contributed by atoms with Gasteiger partial charge in [0.2, 0.25) is 17.6 Å². The first-order valence-corrected chi connectivity index (χ1v) is 11.9. The molecule has 2 heterocycles. The first-order valence-electron chi connectivity index (χ1n) is 11.9. The summed E-state index contributed by atoms with van der Waals surface area (Å²) in [6.07, 6.45) is 1.75. The van der Waals surface area contributed by atoms with Crippen molar-refractivity contribution >= 4 is 5.91 Å². The van der Waals surface area contributed by atoms with Crippen LogP contribution in [0.25, 0.3) is 11.4 Å². The van der Waals surface area contributed by atoms with Gasteiger partial charge < -0.3 is 9.84 Å². The maximum atomic E-state index is 13.3. The van der Waals surface area contributed by atoms with Crippen molar-refractivity contribution in [3.8, 4) is 11.4 Å². The summed E-state index contributed by atoms with van der Waals surface area (Å²) >= 11 is 0. The minimum Gasteiger partial charge on any atom is -0.345 e. The van der Waals surface area contributed by atoms with E-state index in [0.29, 0.717) is 30.4 Å². The normalized spacial score (nSPS) is 16.3. The summed E-state index contributed by atoms with van der Waals surface area (Å²) in [6.45, 7) is 1.95. The predicted octanol–water partition coefficient (Wildman–Crippen LogP) is 4.99. The van der Waals surface area contributed by atoms with E-state index in [0.717, 1.165) is 30.5 Å². The highest BCUT2D eigenvalue weighted by atomic mass is 19.1. The van der Waals surface area contributed by atoms with E-state index >= 15 is 0 Å². The third kappa shape index (κ3) is 5.63. The van der Waals surface area contributed by atoms with Gasteiger partial charge in [0, 0.05) is 12.1 Å². The Morgan fingerprint density at radius 3 is 2.31 bits per heavy atom. The van der Waals surface area contributed by atoms with Gasteiger partial charge in [-0.2, -0.15) is 4.98 Å². The molecule has 1 aromatic heterocycles. The predicted molar refractivity (Wildman–Crippen MR) is 131 cm³/mol. The molecule has 35 heavy (non-hydrogen) atoms. The van der Waals surface area contributed by atoms with Gasteiger partial charge in [0.25, 0.3) is 0 Å². The third-order valence-electron chi connectivity index (χ3n) is 6.36. The van der Waals surface area contributed by atoms with Crippen LogP contribution in [0.4, 0.5) is 4.39 Å². The van der Waals surface area contributed by atoms with Crippen LogP contribution >= 0.6 is 0 Å². The van der Waals surface area contributed by atoms with E-state index < -0.39 is 0 Å². The molecule has 1 atom stereocenters. The largest absolute Gasteiger partial charge is 0.345 e. The summed E-state index contributed by atoms with van der Waals surface area (Å²) in [4.78, 5) is 20.0. The fourth-order valence-electron chi connectivity index (χ4n) is 4.55. The first-order chi connectivity index (χ1) is 17.2. The van der Waals surface area contributed by atoms with Crippen LogP contribution < -0.4 is 5.32 Å². The van der Waals surface area contributed by atoms with E-state index in [9.17, 15) is 9.18 Å². The molecule has 7 heteroatoms. The second-order valence-electron chi connectivity index (χ2n) is 8.86. The number of likely N-dealkylation sites (tertiary alicyclic amines) is 1. The molecular formula is C28H27FN4O2. The van der Waals surface area contributed by atoms with Gasteiger partial charge in [0.05, 0.1) is 18.5 Å². The Morgan fingerprint density at radius 2 is 1.66 bits per heavy atom. The number of nitrogens with one attached hydrogen (secondary N) is 1. The van der Waals surface area contributed by atoms with E-state index in [4.69, 9.17) is 4.52 Å². The van der Waals surface area contributed by atoms with Gasteiger partial charge >= 0.3 is 0 Å². The van der Waals surface area contributed by atoms with E-state index in [1.54, 1.807) is 12.1 Å². The molecule has 0 radical (unpaired) electrons. The van der Waals surface area contributed by atoms with E-state index in [1.165, 1.54) is 12.1 Å². The highest BCUT2D eigenvalue weighted by Crippen LogP contribution is 2.25. The number of carbonyl (C=O) groups excluding carboxylic acids is 1. The molecule has 0 spiro atoms. The van der Waals surface area contributed by atoms with E-state index in [2.05, 4.69) is 20.4 Å². The molecule has 1 saturated heterocycles. The molecular weight excluding hydrogens is 443 g/mol. The number of halogens is 1. The summed E-state index contributed by atoms with van der Waals surface area (Å²) in [5.41, 5.74) is 2.81. The molecule has 0 aliphatic carbocycles. The molecule has 1 unspecified atom stereocenters. The molecule has 6 nitrogen and oxygen atoms in total. The number of piperidine rings is 1. The molecule has 5 rings (SSSR count). The number of benzene rings is 3. The third-order valence-corrected chi connectivity index (χ3v) is 6.36. The highest BCUT2D eigenvalue weighted by Gasteiger charge is 2.29. The minimum atomic E-state index is -0.308. The standard InChI is InChI=1S/C28H27FN4O2/c29-24-15-13-22(14-16-24)27-30-25(35-32-27)19-33-17-7-12-23(18-33)28(34)31-26(20-8-3-1-4-9-20)21-10-5-2-6-11-21/h1-6,8-11,13-16,23,26H,7,12,17-19H2,(H,31,34). The molecule has 0 saturated carbocycles. The summed E-state index contributed by atoms with van der Waals surface area (Å²) in [5.74, 6) is 0.525. The Labute approximate surface area is 203 Å². The van der Waals surface area contributed by atoms with Crippen molar-refractivity contribution in [2.45, 2.75) is 25.4 Å². The Balaban J connectivity index is 1.24. The Bertz CT molecular complexity index is 1210. The van der Waals surface area contributed by atoms with E-state index in [1.807, 2.05) is 60.7 Å².